The molecule has 0 saturated carbocycles. The topological polar surface area (TPSA) is 111 Å². The number of allylic oxidation sites excluding steroid dienone is 2. The summed E-state index contributed by atoms with van der Waals surface area (Å²) in [5.41, 5.74) is 25.9. The van der Waals surface area contributed by atoms with Gasteiger partial charge in [-0.25, -0.2) is 24.9 Å². The summed E-state index contributed by atoms with van der Waals surface area (Å²) >= 11 is 0. The Bertz CT molecular complexity index is 6240. The summed E-state index contributed by atoms with van der Waals surface area (Å²) in [4.78, 5) is 26.9. The maximum atomic E-state index is 7.34. The van der Waals surface area contributed by atoms with E-state index in [1.54, 1.807) is 0 Å². The lowest BCUT2D eigenvalue weighted by atomic mass is 9.81. The molecule has 0 fully saturated rings. The Morgan fingerprint density at radius 2 is 0.912 bits per heavy atom. The number of amidine groups is 2. The van der Waals surface area contributed by atoms with Crippen molar-refractivity contribution < 1.29 is 13.6 Å². The normalized spacial score (nSPS) is 16.2. The molecule has 5 heterocycles. The Hall–Kier alpha value is -13.1. The second kappa shape index (κ2) is 23.5. The predicted octanol–water partition coefficient (Wildman–Crippen LogP) is 22.6. The van der Waals surface area contributed by atoms with E-state index in [4.69, 9.17) is 38.5 Å². The van der Waals surface area contributed by atoms with Crippen LogP contribution in [-0.4, -0.2) is 32.7 Å². The van der Waals surface area contributed by atoms with Crippen molar-refractivity contribution in [2.24, 2.45) is 9.98 Å². The maximum Gasteiger partial charge on any atom is 0.164 e. The van der Waals surface area contributed by atoms with Crippen LogP contribution in [0, 0.1) is 0 Å². The van der Waals surface area contributed by atoms with E-state index < -0.39 is 6.17 Å². The fraction of sp³-hybridized carbons (Fsp3) is 0.0645. The summed E-state index contributed by atoms with van der Waals surface area (Å²) in [6.45, 7) is 4.69. The van der Waals surface area contributed by atoms with E-state index in [1.165, 1.54) is 38.9 Å². The Balaban J connectivity index is 0.686. The van der Waals surface area contributed by atoms with E-state index in [0.717, 1.165) is 133 Å². The molecule has 0 spiro atoms. The summed E-state index contributed by atoms with van der Waals surface area (Å²) < 4.78 is 20.2. The van der Waals surface area contributed by atoms with E-state index in [9.17, 15) is 0 Å². The minimum absolute atomic E-state index is 0.0794. The van der Waals surface area contributed by atoms with Gasteiger partial charge in [0, 0.05) is 71.8 Å². The van der Waals surface area contributed by atoms with Gasteiger partial charge in [0.15, 0.2) is 23.3 Å². The average molecular weight is 1310 g/mol. The third kappa shape index (κ3) is 9.94. The number of nitrogens with zero attached hydrogens (tertiary/aromatic N) is 5. The van der Waals surface area contributed by atoms with E-state index in [0.29, 0.717) is 23.3 Å². The highest BCUT2D eigenvalue weighted by Gasteiger charge is 2.40. The van der Waals surface area contributed by atoms with E-state index >= 15 is 0 Å². The molecule has 0 amide bonds. The van der Waals surface area contributed by atoms with Gasteiger partial charge in [0.25, 0.3) is 0 Å². The third-order valence-electron chi connectivity index (χ3n) is 21.0. The number of para-hydroxylation sites is 1. The molecule has 482 valence electrons. The molecule has 1 N–H and O–H groups in total. The van der Waals surface area contributed by atoms with Crippen molar-refractivity contribution in [3.8, 4) is 95.5 Å². The molecule has 0 saturated heterocycles. The van der Waals surface area contributed by atoms with Gasteiger partial charge in [0.1, 0.15) is 46.2 Å². The first kappa shape index (κ1) is 59.0. The van der Waals surface area contributed by atoms with Crippen LogP contribution in [0.25, 0.3) is 139 Å². The average Bonchev–Trinajstić information content (AvgIpc) is 1.54. The molecular weight excluding hydrogens is 1250 g/mol. The summed E-state index contributed by atoms with van der Waals surface area (Å²) in [6.07, 6.45) is 6.10. The monoisotopic (exact) mass is 1310 g/mol. The van der Waals surface area contributed by atoms with E-state index in [2.05, 4.69) is 256 Å². The summed E-state index contributed by atoms with van der Waals surface area (Å²) in [5.74, 6) is 3.56. The fourth-order valence-corrected chi connectivity index (χ4v) is 15.8. The predicted molar refractivity (Wildman–Crippen MR) is 413 cm³/mol. The van der Waals surface area contributed by atoms with Gasteiger partial charge < -0.3 is 18.9 Å². The van der Waals surface area contributed by atoms with E-state index in [-0.39, 0.29) is 17.4 Å². The molecular formula is C93H62N6O3. The van der Waals surface area contributed by atoms with E-state index in [1.807, 2.05) is 78.9 Å². The van der Waals surface area contributed by atoms with Crippen molar-refractivity contribution in [3.63, 3.8) is 0 Å². The Kier molecular flexibility index (Phi) is 13.6. The molecule has 0 bridgehead atoms. The van der Waals surface area contributed by atoms with Crippen LogP contribution in [0.3, 0.4) is 0 Å². The van der Waals surface area contributed by atoms with Crippen LogP contribution in [0.1, 0.15) is 64.9 Å². The molecule has 2 aliphatic carbocycles. The standard InChI is InChI=1S/C93H62N6O3/c1-93(2)77-32-14-12-29-69(77)70-43-39-65(54-78(70)93)61-26-16-25-60(49-61)55-35-37-56(38-36-55)62-40-48-82-76(52-62)85-73(92-97-87(57-19-6-3-7-20-57)94-88(98-92)58-21-8-4-9-22-58)45-44-68(86(85)102-82)66-27-17-28-67(50-66)90-95-89(59-23-10-5-11-24-59)96-91(99-90)72-31-18-34-83-84(72)75-53-64(42-47-81(75)101-83)63-41-46-80-74(51-63)71-30-13-15-33-79(71)100-80/h3-54,76,82,87H,1-2H3,(H,94,97,98). The molecule has 16 aromatic rings. The Morgan fingerprint density at radius 1 is 0.373 bits per heavy atom. The number of hydrogen-bond acceptors (Lipinski definition) is 9. The van der Waals surface area contributed by atoms with Crippen LogP contribution in [0.4, 0.5) is 0 Å². The third-order valence-corrected chi connectivity index (χ3v) is 21.0. The number of benzene rings is 13. The number of furan rings is 2. The SMILES string of the molecule is CC1(C)c2ccccc2-c2ccc(-c3cccc(-c4ccc(C5=CC6c7c(C8=NC(c9ccccc9)NC(c9ccccc9)=N8)ccc(-c8cccc(-c9nc(-c%10ccccc%10)nc(-c%10cccc%11oc%12ccc(-c%13ccc%14oc%15ccccc%15c%14c%13)cc%12c%10%11)n9)c8)c7OC6C=C5)cc4)c3)cc21. The largest absolute Gasteiger partial charge is 0.484 e. The number of fused-ring (bicyclic) bond motifs is 12. The van der Waals surface area contributed by atoms with Gasteiger partial charge in [-0.05, 0) is 145 Å². The first-order chi connectivity index (χ1) is 50.2. The Morgan fingerprint density at radius 3 is 1.73 bits per heavy atom. The molecule has 9 heteroatoms. The van der Waals surface area contributed by atoms with Crippen molar-refractivity contribution in [1.29, 1.82) is 0 Å². The molecule has 3 aromatic heterocycles. The van der Waals surface area contributed by atoms with Gasteiger partial charge in [-0.2, -0.15) is 0 Å². The first-order valence-electron chi connectivity index (χ1n) is 34.8. The zero-order chi connectivity index (χ0) is 67.6. The molecule has 2 aliphatic heterocycles. The van der Waals surface area contributed by atoms with Crippen LogP contribution < -0.4 is 10.1 Å². The second-order valence-electron chi connectivity index (χ2n) is 27.4. The fourth-order valence-electron chi connectivity index (χ4n) is 15.8. The first-order valence-corrected chi connectivity index (χ1v) is 34.8. The zero-order valence-corrected chi connectivity index (χ0v) is 55.7. The minimum atomic E-state index is -0.401. The van der Waals surface area contributed by atoms with Crippen LogP contribution in [0.2, 0.25) is 0 Å². The minimum Gasteiger partial charge on any atom is -0.484 e. The van der Waals surface area contributed by atoms with Crippen molar-refractivity contribution in [3.05, 3.63) is 354 Å². The highest BCUT2D eigenvalue weighted by atomic mass is 16.5. The summed E-state index contributed by atoms with van der Waals surface area (Å²) in [5, 5.41) is 7.72. The highest BCUT2D eigenvalue weighted by molar-refractivity contribution is 6.15. The van der Waals surface area contributed by atoms with Crippen LogP contribution in [0.15, 0.2) is 334 Å². The Labute approximate surface area is 588 Å². The zero-order valence-electron chi connectivity index (χ0n) is 55.7. The number of rotatable bonds is 11. The molecule has 102 heavy (non-hydrogen) atoms. The molecule has 4 aliphatic rings. The summed E-state index contributed by atoms with van der Waals surface area (Å²) in [7, 11) is 0. The van der Waals surface area contributed by atoms with Crippen LogP contribution in [0.5, 0.6) is 5.75 Å². The van der Waals surface area contributed by atoms with Gasteiger partial charge in [0.05, 0.1) is 0 Å². The lowest BCUT2D eigenvalue weighted by Gasteiger charge is -2.25. The lowest BCUT2D eigenvalue weighted by Crippen LogP contribution is -2.33. The van der Waals surface area contributed by atoms with Crippen molar-refractivity contribution >= 4 is 61.1 Å². The number of aromatic nitrogens is 3. The molecule has 9 nitrogen and oxygen atoms in total. The van der Waals surface area contributed by atoms with Crippen LogP contribution >= 0.6 is 0 Å². The number of nitrogens with one attached hydrogen (secondary N) is 1. The molecule has 3 atom stereocenters. The quantitative estimate of drug-likeness (QED) is 0.137. The van der Waals surface area contributed by atoms with Crippen molar-refractivity contribution in [1.82, 2.24) is 20.3 Å². The smallest absolute Gasteiger partial charge is 0.164 e. The molecule has 20 rings (SSSR count). The summed E-state index contributed by atoms with van der Waals surface area (Å²) in [6, 6.07) is 104. The number of hydrogen-bond donors (Lipinski definition) is 1. The van der Waals surface area contributed by atoms with Gasteiger partial charge in [0.2, 0.25) is 0 Å². The number of aliphatic imine (C=N–C) groups is 2. The van der Waals surface area contributed by atoms with Gasteiger partial charge in [-0.15, -0.1) is 0 Å². The van der Waals surface area contributed by atoms with Gasteiger partial charge in [-0.3, -0.25) is 0 Å². The lowest BCUT2D eigenvalue weighted by molar-refractivity contribution is 0.270. The van der Waals surface area contributed by atoms with Crippen LogP contribution in [-0.2, 0) is 5.41 Å². The highest BCUT2D eigenvalue weighted by Crippen LogP contribution is 2.53. The maximum absolute atomic E-state index is 7.34. The van der Waals surface area contributed by atoms with Gasteiger partial charge >= 0.3 is 0 Å². The molecule has 0 radical (unpaired) electrons. The van der Waals surface area contributed by atoms with Crippen molar-refractivity contribution in [2.75, 3.05) is 0 Å². The van der Waals surface area contributed by atoms with Crippen molar-refractivity contribution in [2.45, 2.75) is 37.5 Å². The molecule has 13 aromatic carbocycles. The molecule has 3 unspecified atom stereocenters. The van der Waals surface area contributed by atoms with Gasteiger partial charge in [-0.1, -0.05) is 263 Å². The number of ether oxygens (including phenoxy) is 1. The second-order valence-corrected chi connectivity index (χ2v) is 27.4.